The van der Waals surface area contributed by atoms with Gasteiger partial charge in [-0.2, -0.15) is 18.7 Å². The van der Waals surface area contributed by atoms with E-state index in [1.807, 2.05) is 48.5 Å². The van der Waals surface area contributed by atoms with Gasteiger partial charge in [0.05, 0.1) is 0 Å². The molecule has 3 aromatic rings. The molecule has 0 aliphatic heterocycles. The van der Waals surface area contributed by atoms with E-state index in [-0.39, 0.29) is 11.7 Å². The van der Waals surface area contributed by atoms with Crippen molar-refractivity contribution in [2.24, 2.45) is 17.5 Å². The Morgan fingerprint density at radius 3 is 2.32 bits per heavy atom. The van der Waals surface area contributed by atoms with Crippen molar-refractivity contribution in [3.05, 3.63) is 76.7 Å². The van der Waals surface area contributed by atoms with Gasteiger partial charge in [-0.05, 0) is 66.7 Å². The minimum absolute atomic E-state index is 0.258. The van der Waals surface area contributed by atoms with Crippen LogP contribution in [0.2, 0.25) is 0 Å². The Bertz CT molecular complexity index is 1240. The number of hydrogen-bond donors (Lipinski definition) is 5. The van der Waals surface area contributed by atoms with Gasteiger partial charge in [-0.1, -0.05) is 55.0 Å². The average Bonchev–Trinajstić information content (AvgIpc) is 2.86. The Balaban J connectivity index is 1.38. The van der Waals surface area contributed by atoms with Crippen LogP contribution in [-0.4, -0.2) is 9.97 Å². The third-order valence-corrected chi connectivity index (χ3v) is 7.56. The molecule has 0 amide bonds. The molecule has 5 rings (SSSR count). The lowest BCUT2D eigenvalue weighted by atomic mass is 9.72. The fourth-order valence-corrected chi connectivity index (χ4v) is 5.32. The van der Waals surface area contributed by atoms with Crippen molar-refractivity contribution >= 4 is 5.82 Å². The minimum atomic E-state index is -4.58. The van der Waals surface area contributed by atoms with E-state index < -0.39 is 17.7 Å². The van der Waals surface area contributed by atoms with Crippen LogP contribution in [0.15, 0.2) is 48.5 Å². The van der Waals surface area contributed by atoms with Gasteiger partial charge in [-0.3, -0.25) is 5.84 Å². The number of nitrogens with one attached hydrogen (secondary N) is 3. The van der Waals surface area contributed by atoms with Crippen LogP contribution in [0.5, 0.6) is 0 Å². The van der Waals surface area contributed by atoms with Crippen molar-refractivity contribution in [2.45, 2.75) is 63.3 Å². The summed E-state index contributed by atoms with van der Waals surface area (Å²) in [5.41, 5.74) is 16.8. The maximum atomic E-state index is 13.4. The zero-order chi connectivity index (χ0) is 26.0. The quantitative estimate of drug-likeness (QED) is 0.172. The largest absolute Gasteiger partial charge is 0.451 e. The Labute approximate surface area is 214 Å². The molecule has 0 spiro atoms. The second-order valence-corrected chi connectivity index (χ2v) is 9.89. The van der Waals surface area contributed by atoms with E-state index >= 15 is 0 Å². The number of nitrogens with two attached hydrogens (primary N) is 2. The van der Waals surface area contributed by atoms with Crippen LogP contribution >= 0.6 is 0 Å². The highest BCUT2D eigenvalue weighted by atomic mass is 19.4. The van der Waals surface area contributed by atoms with Crippen LogP contribution in [0.25, 0.3) is 11.1 Å². The van der Waals surface area contributed by atoms with E-state index in [1.165, 1.54) is 0 Å². The monoisotopic (exact) mass is 511 g/mol. The third-order valence-electron chi connectivity index (χ3n) is 7.56. The number of anilines is 1. The molecule has 0 bridgehead atoms. The molecule has 2 aliphatic rings. The molecule has 196 valence electrons. The summed E-state index contributed by atoms with van der Waals surface area (Å²) >= 11 is 0. The number of nitrogens with zero attached hydrogens (tertiary/aromatic N) is 2. The van der Waals surface area contributed by atoms with E-state index in [2.05, 4.69) is 26.2 Å². The first kappa shape index (κ1) is 25.6. The highest BCUT2D eigenvalue weighted by Gasteiger charge is 2.41. The van der Waals surface area contributed by atoms with E-state index in [1.54, 1.807) is 0 Å². The molecule has 37 heavy (non-hydrogen) atoms. The Hall–Kier alpha value is -3.05. The third kappa shape index (κ3) is 5.19. The van der Waals surface area contributed by atoms with Gasteiger partial charge >= 0.3 is 6.18 Å². The normalized spacial score (nSPS) is 17.5. The molecule has 1 aromatic heterocycles. The van der Waals surface area contributed by atoms with Crippen molar-refractivity contribution in [1.29, 1.82) is 0 Å². The summed E-state index contributed by atoms with van der Waals surface area (Å²) in [6, 6.07) is 15.9. The smallest absolute Gasteiger partial charge is 0.366 e. The summed E-state index contributed by atoms with van der Waals surface area (Å²) in [7, 11) is 0. The number of benzene rings is 2. The predicted molar refractivity (Wildman–Crippen MR) is 137 cm³/mol. The van der Waals surface area contributed by atoms with E-state index in [0.717, 1.165) is 59.9 Å². The molecule has 1 heterocycles. The molecule has 1 fully saturated rings. The fraction of sp³-hybridized carbons (Fsp3) is 0.407. The van der Waals surface area contributed by atoms with Crippen LogP contribution in [0.1, 0.15) is 60.3 Å². The van der Waals surface area contributed by atoms with E-state index in [4.69, 9.17) is 11.6 Å². The predicted octanol–water partition coefficient (Wildman–Crippen LogP) is 4.53. The first-order chi connectivity index (χ1) is 17.8. The number of hydrogen-bond acceptors (Lipinski definition) is 7. The van der Waals surface area contributed by atoms with Gasteiger partial charge in [0, 0.05) is 17.8 Å². The summed E-state index contributed by atoms with van der Waals surface area (Å²) in [5, 5.41) is 3.14. The molecular formula is C27H32F3N7. The maximum Gasteiger partial charge on any atom is 0.451 e. The summed E-state index contributed by atoms with van der Waals surface area (Å²) in [6.45, 7) is 0.351. The number of halogens is 3. The zero-order valence-electron chi connectivity index (χ0n) is 20.5. The van der Waals surface area contributed by atoms with Gasteiger partial charge in [-0.15, -0.1) is 0 Å². The van der Waals surface area contributed by atoms with Crippen LogP contribution in [0.4, 0.5) is 19.0 Å². The van der Waals surface area contributed by atoms with Crippen molar-refractivity contribution in [2.75, 3.05) is 5.32 Å². The zero-order valence-corrected chi connectivity index (χ0v) is 20.5. The van der Waals surface area contributed by atoms with E-state index in [0.29, 0.717) is 25.1 Å². The lowest BCUT2D eigenvalue weighted by Gasteiger charge is -2.44. The Morgan fingerprint density at radius 1 is 0.919 bits per heavy atom. The van der Waals surface area contributed by atoms with Crippen LogP contribution in [0, 0.1) is 5.92 Å². The number of alkyl halides is 3. The van der Waals surface area contributed by atoms with E-state index in [9.17, 15) is 13.2 Å². The van der Waals surface area contributed by atoms with Gasteiger partial charge in [0.25, 0.3) is 0 Å². The Morgan fingerprint density at radius 2 is 1.65 bits per heavy atom. The first-order valence-corrected chi connectivity index (χ1v) is 12.7. The minimum Gasteiger partial charge on any atom is -0.366 e. The molecule has 0 radical (unpaired) electrons. The van der Waals surface area contributed by atoms with Gasteiger partial charge in [0.15, 0.2) is 0 Å². The number of aryl methyl sites for hydroxylation is 1. The summed E-state index contributed by atoms with van der Waals surface area (Å²) in [4.78, 5) is 7.64. The summed E-state index contributed by atoms with van der Waals surface area (Å²) in [6.07, 6.45) is 1.58. The molecule has 2 aliphatic carbocycles. The standard InChI is InChI=1S/C27H32F3N7/c28-27(29,30)25-34-23-11-4-2-9-21(23)24(35-25)33-16-17-12-14-18(15-13-17)20-8-1-3-10-22(20)26(31,36-37-32)19-6-5-7-19/h1,3,8,10,12-15,19,36-37H,2,4-7,9,11,16,31-32H2,(H,33,34,35). The molecule has 10 heteroatoms. The van der Waals surface area contributed by atoms with Gasteiger partial charge in [0.1, 0.15) is 11.5 Å². The van der Waals surface area contributed by atoms with Crippen molar-refractivity contribution in [3.63, 3.8) is 0 Å². The second kappa shape index (κ2) is 10.4. The molecular weight excluding hydrogens is 479 g/mol. The number of rotatable bonds is 8. The first-order valence-electron chi connectivity index (χ1n) is 12.7. The van der Waals surface area contributed by atoms with Crippen molar-refractivity contribution in [3.8, 4) is 11.1 Å². The van der Waals surface area contributed by atoms with Gasteiger partial charge in [0.2, 0.25) is 5.82 Å². The summed E-state index contributed by atoms with van der Waals surface area (Å²) < 4.78 is 40.1. The number of hydrazine groups is 2. The molecule has 1 saturated carbocycles. The van der Waals surface area contributed by atoms with Crippen molar-refractivity contribution < 1.29 is 13.2 Å². The number of fused-ring (bicyclic) bond motifs is 1. The topological polar surface area (TPSA) is 114 Å². The highest BCUT2D eigenvalue weighted by molar-refractivity contribution is 5.69. The SMILES string of the molecule is NNNC(N)(c1ccccc1-c1ccc(CNc2nc(C(F)(F)F)nc3c2CCCC3)cc1)C1CCC1. The highest BCUT2D eigenvalue weighted by Crippen LogP contribution is 2.42. The average molecular weight is 512 g/mol. The van der Waals surface area contributed by atoms with Gasteiger partial charge in [-0.25, -0.2) is 15.4 Å². The number of aromatic nitrogens is 2. The van der Waals surface area contributed by atoms with Gasteiger partial charge < -0.3 is 11.1 Å². The molecule has 1 unspecified atom stereocenters. The molecule has 0 saturated heterocycles. The fourth-order valence-electron chi connectivity index (χ4n) is 5.32. The van der Waals surface area contributed by atoms with Crippen LogP contribution < -0.4 is 27.9 Å². The van der Waals surface area contributed by atoms with Crippen molar-refractivity contribution in [1.82, 2.24) is 20.9 Å². The van der Waals surface area contributed by atoms with Crippen LogP contribution in [0.3, 0.4) is 0 Å². The maximum absolute atomic E-state index is 13.4. The molecule has 1 atom stereocenters. The molecule has 2 aromatic carbocycles. The second-order valence-electron chi connectivity index (χ2n) is 9.89. The summed E-state index contributed by atoms with van der Waals surface area (Å²) in [5.74, 6) is 5.07. The molecule has 7 nitrogen and oxygen atoms in total. The lowest BCUT2D eigenvalue weighted by molar-refractivity contribution is -0.145. The molecule has 7 N–H and O–H groups in total. The lowest BCUT2D eigenvalue weighted by Crippen LogP contribution is -2.63. The van der Waals surface area contributed by atoms with Crippen LogP contribution in [-0.2, 0) is 31.2 Å². The Kier molecular flexibility index (Phi) is 7.17.